The Hall–Kier alpha value is -2.58. The number of rotatable bonds is 11. The SMILES string of the molecule is Cc1cc(C)cc(N(CCCC(=O)N(Cc2ccc(Cl)cc2)[C@H](C)C(=O)NC2CCCCC2)S(C)(=O)=O)c1. The number of hydrogen-bond donors (Lipinski definition) is 1. The minimum absolute atomic E-state index is 0.117. The quantitative estimate of drug-likeness (QED) is 0.399. The summed E-state index contributed by atoms with van der Waals surface area (Å²) in [6.07, 6.45) is 6.94. The van der Waals surface area contributed by atoms with Crippen molar-refractivity contribution >= 4 is 39.1 Å². The molecule has 0 unspecified atom stereocenters. The maximum atomic E-state index is 13.5. The standard InChI is InChI=1S/C29H40ClN3O4S/c1-21-17-22(2)19-27(18-21)33(38(4,36)37)16-8-11-28(34)32(20-24-12-14-25(30)15-13-24)23(3)29(35)31-26-9-6-5-7-10-26/h12-15,17-19,23,26H,5-11,16,20H2,1-4H3,(H,31,35)/t23-/m1/s1. The molecule has 0 spiro atoms. The average molecular weight is 562 g/mol. The Bertz CT molecular complexity index is 1190. The van der Waals surface area contributed by atoms with Gasteiger partial charge in [0, 0.05) is 30.6 Å². The Labute approximate surface area is 232 Å². The number of benzene rings is 2. The van der Waals surface area contributed by atoms with Crippen molar-refractivity contribution in [3.63, 3.8) is 0 Å². The van der Waals surface area contributed by atoms with Crippen LogP contribution in [0.5, 0.6) is 0 Å². The lowest BCUT2D eigenvalue weighted by Gasteiger charge is -2.31. The fourth-order valence-corrected chi connectivity index (χ4v) is 6.11. The zero-order chi connectivity index (χ0) is 27.9. The van der Waals surface area contributed by atoms with E-state index in [1.807, 2.05) is 44.2 Å². The Morgan fingerprint density at radius 2 is 1.63 bits per heavy atom. The highest BCUT2D eigenvalue weighted by Crippen LogP contribution is 2.23. The molecule has 1 saturated carbocycles. The molecule has 0 radical (unpaired) electrons. The van der Waals surface area contributed by atoms with Crippen molar-refractivity contribution in [3.05, 3.63) is 64.2 Å². The highest BCUT2D eigenvalue weighted by Gasteiger charge is 2.28. The van der Waals surface area contributed by atoms with Crippen LogP contribution >= 0.6 is 11.6 Å². The number of halogens is 1. The monoisotopic (exact) mass is 561 g/mol. The van der Waals surface area contributed by atoms with Gasteiger partial charge in [-0.3, -0.25) is 13.9 Å². The Morgan fingerprint density at radius 1 is 1.03 bits per heavy atom. The van der Waals surface area contributed by atoms with Crippen LogP contribution in [0.25, 0.3) is 0 Å². The van der Waals surface area contributed by atoms with Crippen LogP contribution in [0.4, 0.5) is 5.69 Å². The van der Waals surface area contributed by atoms with Crippen LogP contribution in [0, 0.1) is 13.8 Å². The van der Waals surface area contributed by atoms with E-state index in [9.17, 15) is 18.0 Å². The van der Waals surface area contributed by atoms with Gasteiger partial charge < -0.3 is 10.2 Å². The van der Waals surface area contributed by atoms with Gasteiger partial charge in [0.05, 0.1) is 11.9 Å². The second-order valence-corrected chi connectivity index (χ2v) is 12.8. The van der Waals surface area contributed by atoms with Crippen LogP contribution in [-0.4, -0.2) is 50.0 Å². The van der Waals surface area contributed by atoms with Crippen molar-refractivity contribution in [2.45, 2.75) is 84.3 Å². The number of anilines is 1. The fourth-order valence-electron chi connectivity index (χ4n) is 5.04. The number of carbonyl (C=O) groups is 2. The molecule has 208 valence electrons. The maximum absolute atomic E-state index is 13.5. The highest BCUT2D eigenvalue weighted by atomic mass is 35.5. The van der Waals surface area contributed by atoms with Gasteiger partial charge in [0.25, 0.3) is 0 Å². The van der Waals surface area contributed by atoms with Gasteiger partial charge in [0.1, 0.15) is 6.04 Å². The van der Waals surface area contributed by atoms with Gasteiger partial charge in [0.2, 0.25) is 21.8 Å². The molecule has 0 aromatic heterocycles. The molecule has 1 aliphatic rings. The van der Waals surface area contributed by atoms with Crippen LogP contribution < -0.4 is 9.62 Å². The topological polar surface area (TPSA) is 86.8 Å². The zero-order valence-corrected chi connectivity index (χ0v) is 24.4. The lowest BCUT2D eigenvalue weighted by molar-refractivity contribution is -0.141. The van der Waals surface area contributed by atoms with Crippen LogP contribution in [-0.2, 0) is 26.2 Å². The first-order valence-corrected chi connectivity index (χ1v) is 15.6. The minimum Gasteiger partial charge on any atom is -0.352 e. The predicted molar refractivity (Wildman–Crippen MR) is 154 cm³/mol. The Balaban J connectivity index is 1.72. The molecule has 0 bridgehead atoms. The number of sulfonamides is 1. The molecular weight excluding hydrogens is 522 g/mol. The van der Waals surface area contributed by atoms with Gasteiger partial charge >= 0.3 is 0 Å². The number of aryl methyl sites for hydroxylation is 2. The van der Waals surface area contributed by atoms with E-state index in [2.05, 4.69) is 5.32 Å². The molecule has 0 aliphatic heterocycles. The van der Waals surface area contributed by atoms with Crippen molar-refractivity contribution in [2.75, 3.05) is 17.1 Å². The molecule has 38 heavy (non-hydrogen) atoms. The van der Waals surface area contributed by atoms with E-state index in [4.69, 9.17) is 11.6 Å². The molecule has 9 heteroatoms. The van der Waals surface area contributed by atoms with Gasteiger partial charge in [-0.1, -0.05) is 49.1 Å². The number of hydrogen-bond acceptors (Lipinski definition) is 4. The van der Waals surface area contributed by atoms with Crippen molar-refractivity contribution < 1.29 is 18.0 Å². The first kappa shape index (κ1) is 30.0. The molecule has 1 N–H and O–H groups in total. The largest absolute Gasteiger partial charge is 0.352 e. The summed E-state index contributed by atoms with van der Waals surface area (Å²) in [5.41, 5.74) is 3.40. The minimum atomic E-state index is -3.54. The van der Waals surface area contributed by atoms with Crippen molar-refractivity contribution in [1.29, 1.82) is 0 Å². The molecule has 2 aromatic rings. The van der Waals surface area contributed by atoms with E-state index in [0.717, 1.165) is 42.4 Å². The highest BCUT2D eigenvalue weighted by molar-refractivity contribution is 7.92. The molecule has 3 rings (SSSR count). The third kappa shape index (κ3) is 8.73. The van der Waals surface area contributed by atoms with Gasteiger partial charge in [-0.25, -0.2) is 8.42 Å². The van der Waals surface area contributed by atoms with Gasteiger partial charge in [-0.2, -0.15) is 0 Å². The Morgan fingerprint density at radius 3 is 2.21 bits per heavy atom. The smallest absolute Gasteiger partial charge is 0.242 e. The second-order valence-electron chi connectivity index (χ2n) is 10.5. The van der Waals surface area contributed by atoms with E-state index in [0.29, 0.717) is 17.1 Å². The summed E-state index contributed by atoms with van der Waals surface area (Å²) in [7, 11) is -3.54. The summed E-state index contributed by atoms with van der Waals surface area (Å²) in [5, 5.41) is 3.73. The maximum Gasteiger partial charge on any atom is 0.242 e. The molecule has 2 aromatic carbocycles. The van der Waals surface area contributed by atoms with Crippen LogP contribution in [0.3, 0.4) is 0 Å². The number of amides is 2. The number of carbonyl (C=O) groups excluding carboxylic acids is 2. The fraction of sp³-hybridized carbons (Fsp3) is 0.517. The summed E-state index contributed by atoms with van der Waals surface area (Å²) in [4.78, 5) is 28.2. The normalized spacial score (nSPS) is 15.1. The van der Waals surface area contributed by atoms with Crippen LogP contribution in [0.1, 0.15) is 68.6 Å². The predicted octanol–water partition coefficient (Wildman–Crippen LogP) is 5.37. The summed E-state index contributed by atoms with van der Waals surface area (Å²) in [6.45, 7) is 6.04. The molecule has 1 atom stereocenters. The molecule has 2 amide bonds. The summed E-state index contributed by atoms with van der Waals surface area (Å²) in [5.74, 6) is -0.354. The average Bonchev–Trinajstić information content (AvgIpc) is 2.85. The van der Waals surface area contributed by atoms with Crippen LogP contribution in [0.15, 0.2) is 42.5 Å². The van der Waals surface area contributed by atoms with E-state index in [1.54, 1.807) is 24.0 Å². The molecule has 0 heterocycles. The first-order valence-electron chi connectivity index (χ1n) is 13.3. The van der Waals surface area contributed by atoms with Crippen molar-refractivity contribution in [3.8, 4) is 0 Å². The van der Waals surface area contributed by atoms with Crippen molar-refractivity contribution in [2.24, 2.45) is 0 Å². The Kier molecular flexibility index (Phi) is 10.6. The summed E-state index contributed by atoms with van der Waals surface area (Å²) in [6, 6.07) is 12.4. The molecular formula is C29H40ClN3O4S. The lowest BCUT2D eigenvalue weighted by atomic mass is 9.95. The molecule has 7 nitrogen and oxygen atoms in total. The van der Waals surface area contributed by atoms with Crippen LogP contribution in [0.2, 0.25) is 5.02 Å². The molecule has 1 fully saturated rings. The van der Waals surface area contributed by atoms with E-state index >= 15 is 0 Å². The summed E-state index contributed by atoms with van der Waals surface area (Å²) >= 11 is 6.04. The third-order valence-corrected chi connectivity index (χ3v) is 8.48. The van der Waals surface area contributed by atoms with Crippen molar-refractivity contribution in [1.82, 2.24) is 10.2 Å². The van der Waals surface area contributed by atoms with Gasteiger partial charge in [0.15, 0.2) is 0 Å². The molecule has 1 aliphatic carbocycles. The number of nitrogens with zero attached hydrogens (tertiary/aromatic N) is 2. The van der Waals surface area contributed by atoms with Gasteiger partial charge in [-0.05, 0) is 81.0 Å². The summed E-state index contributed by atoms with van der Waals surface area (Å²) < 4.78 is 26.5. The lowest BCUT2D eigenvalue weighted by Crippen LogP contribution is -2.50. The van der Waals surface area contributed by atoms with E-state index in [-0.39, 0.29) is 37.4 Å². The zero-order valence-electron chi connectivity index (χ0n) is 22.9. The molecule has 0 saturated heterocycles. The van der Waals surface area contributed by atoms with Gasteiger partial charge in [-0.15, -0.1) is 0 Å². The first-order chi connectivity index (χ1) is 17.9. The second kappa shape index (κ2) is 13.5. The van der Waals surface area contributed by atoms with E-state index < -0.39 is 16.1 Å². The third-order valence-electron chi connectivity index (χ3n) is 7.03. The van der Waals surface area contributed by atoms with E-state index in [1.165, 1.54) is 17.0 Å². The number of nitrogens with one attached hydrogen (secondary N) is 1.